The van der Waals surface area contributed by atoms with Crippen LogP contribution in [0, 0.1) is 17.8 Å². The molecular formula is C10H20O2. The van der Waals surface area contributed by atoms with Crippen molar-refractivity contribution in [2.24, 2.45) is 17.8 Å². The van der Waals surface area contributed by atoms with Crippen molar-refractivity contribution in [3.05, 3.63) is 0 Å². The summed E-state index contributed by atoms with van der Waals surface area (Å²) >= 11 is 0. The predicted octanol–water partition coefficient (Wildman–Crippen LogP) is 1.41. The molecule has 2 heteroatoms. The second-order valence-electron chi connectivity index (χ2n) is 4.44. The molecule has 0 aromatic heterocycles. The zero-order chi connectivity index (χ0) is 9.30. The Morgan fingerprint density at radius 3 is 2.17 bits per heavy atom. The van der Waals surface area contributed by atoms with Crippen LogP contribution in [0.3, 0.4) is 0 Å². The molecule has 1 aliphatic rings. The van der Waals surface area contributed by atoms with Crippen molar-refractivity contribution in [3.63, 3.8) is 0 Å². The maximum absolute atomic E-state index is 9.73. The third-order valence-electron chi connectivity index (χ3n) is 3.18. The fraction of sp³-hybridized carbons (Fsp3) is 1.00. The van der Waals surface area contributed by atoms with Crippen molar-refractivity contribution in [1.29, 1.82) is 0 Å². The first-order valence-corrected chi connectivity index (χ1v) is 4.90. The Balaban J connectivity index is 2.58. The van der Waals surface area contributed by atoms with Crippen LogP contribution in [-0.2, 0) is 0 Å². The van der Waals surface area contributed by atoms with E-state index in [9.17, 15) is 10.2 Å². The first-order chi connectivity index (χ1) is 5.54. The van der Waals surface area contributed by atoms with Crippen LogP contribution in [0.15, 0.2) is 0 Å². The van der Waals surface area contributed by atoms with Crippen molar-refractivity contribution in [1.82, 2.24) is 0 Å². The van der Waals surface area contributed by atoms with Gasteiger partial charge >= 0.3 is 0 Å². The first-order valence-electron chi connectivity index (χ1n) is 4.90. The van der Waals surface area contributed by atoms with Crippen molar-refractivity contribution in [3.8, 4) is 0 Å². The fourth-order valence-corrected chi connectivity index (χ4v) is 2.11. The Morgan fingerprint density at radius 2 is 1.67 bits per heavy atom. The minimum Gasteiger partial charge on any atom is -0.390 e. The van der Waals surface area contributed by atoms with E-state index in [1.54, 1.807) is 0 Å². The SMILES string of the molecule is CC(C)[C@@H]1CC[C@@H](C)[C@@H](O)[C@@H]1O. The molecule has 0 unspecified atom stereocenters. The number of hydrogen-bond donors (Lipinski definition) is 2. The second kappa shape index (κ2) is 3.75. The number of aliphatic hydroxyl groups is 2. The van der Waals surface area contributed by atoms with Crippen LogP contribution in [0.4, 0.5) is 0 Å². The van der Waals surface area contributed by atoms with Gasteiger partial charge in [-0.3, -0.25) is 0 Å². The van der Waals surface area contributed by atoms with Gasteiger partial charge in [-0.25, -0.2) is 0 Å². The van der Waals surface area contributed by atoms with Crippen LogP contribution in [0.2, 0.25) is 0 Å². The van der Waals surface area contributed by atoms with Gasteiger partial charge < -0.3 is 10.2 Å². The zero-order valence-corrected chi connectivity index (χ0v) is 8.20. The topological polar surface area (TPSA) is 40.5 Å². The largest absolute Gasteiger partial charge is 0.390 e. The van der Waals surface area contributed by atoms with Gasteiger partial charge in [0.05, 0.1) is 12.2 Å². The Morgan fingerprint density at radius 1 is 1.08 bits per heavy atom. The minimum absolute atomic E-state index is 0.259. The van der Waals surface area contributed by atoms with E-state index in [4.69, 9.17) is 0 Å². The number of rotatable bonds is 1. The predicted molar refractivity (Wildman–Crippen MR) is 48.7 cm³/mol. The summed E-state index contributed by atoms with van der Waals surface area (Å²) in [5.41, 5.74) is 0. The van der Waals surface area contributed by atoms with Gasteiger partial charge in [-0.15, -0.1) is 0 Å². The highest BCUT2D eigenvalue weighted by atomic mass is 16.3. The van der Waals surface area contributed by atoms with Crippen LogP contribution in [0.5, 0.6) is 0 Å². The highest BCUT2D eigenvalue weighted by molar-refractivity contribution is 4.86. The van der Waals surface area contributed by atoms with Gasteiger partial charge in [0.25, 0.3) is 0 Å². The third kappa shape index (κ3) is 1.80. The van der Waals surface area contributed by atoms with E-state index in [0.717, 1.165) is 12.8 Å². The molecule has 0 spiro atoms. The summed E-state index contributed by atoms with van der Waals surface area (Å²) in [6.07, 6.45) is 1.08. The van der Waals surface area contributed by atoms with E-state index in [-0.39, 0.29) is 11.8 Å². The third-order valence-corrected chi connectivity index (χ3v) is 3.18. The summed E-state index contributed by atoms with van der Waals surface area (Å²) in [4.78, 5) is 0. The molecular weight excluding hydrogens is 152 g/mol. The average molecular weight is 172 g/mol. The van der Waals surface area contributed by atoms with Crippen LogP contribution < -0.4 is 0 Å². The Bertz CT molecular complexity index is 145. The van der Waals surface area contributed by atoms with Crippen molar-refractivity contribution in [2.45, 2.75) is 45.8 Å². The summed E-state index contributed by atoms with van der Waals surface area (Å²) in [7, 11) is 0. The molecule has 1 saturated carbocycles. The van der Waals surface area contributed by atoms with E-state index >= 15 is 0 Å². The molecule has 12 heavy (non-hydrogen) atoms. The van der Waals surface area contributed by atoms with Gasteiger partial charge in [0, 0.05) is 0 Å². The van der Waals surface area contributed by atoms with E-state index < -0.39 is 12.2 Å². The fourth-order valence-electron chi connectivity index (χ4n) is 2.11. The van der Waals surface area contributed by atoms with Gasteiger partial charge in [-0.1, -0.05) is 20.8 Å². The summed E-state index contributed by atoms with van der Waals surface area (Å²) in [6, 6.07) is 0. The number of hydrogen-bond acceptors (Lipinski definition) is 2. The lowest BCUT2D eigenvalue weighted by Crippen LogP contribution is -2.44. The maximum atomic E-state index is 9.73. The molecule has 0 bridgehead atoms. The molecule has 0 heterocycles. The molecule has 2 nitrogen and oxygen atoms in total. The zero-order valence-electron chi connectivity index (χ0n) is 8.20. The molecule has 0 saturated heterocycles. The average Bonchev–Trinajstić information content (AvgIpc) is 2.00. The molecule has 0 amide bonds. The molecule has 0 aromatic rings. The van der Waals surface area contributed by atoms with Gasteiger partial charge in [0.2, 0.25) is 0 Å². The highest BCUT2D eigenvalue weighted by Crippen LogP contribution is 2.33. The minimum atomic E-state index is -0.508. The van der Waals surface area contributed by atoms with Crippen molar-refractivity contribution < 1.29 is 10.2 Å². The number of aliphatic hydroxyl groups excluding tert-OH is 2. The van der Waals surface area contributed by atoms with E-state index in [1.165, 1.54) is 0 Å². The van der Waals surface area contributed by atoms with Gasteiger partial charge in [-0.05, 0) is 30.6 Å². The lowest BCUT2D eigenvalue weighted by molar-refractivity contribution is -0.0832. The highest BCUT2D eigenvalue weighted by Gasteiger charge is 2.36. The maximum Gasteiger partial charge on any atom is 0.0832 e. The van der Waals surface area contributed by atoms with Crippen LogP contribution in [0.1, 0.15) is 33.6 Å². The molecule has 2 N–H and O–H groups in total. The summed E-state index contributed by atoms with van der Waals surface area (Å²) in [5, 5.41) is 19.3. The standard InChI is InChI=1S/C10H20O2/c1-6(2)8-5-4-7(3)9(11)10(8)12/h6-12H,4-5H2,1-3H3/t7-,8+,9-,10-/m1/s1. The summed E-state index contributed by atoms with van der Waals surface area (Å²) in [6.45, 7) is 6.22. The van der Waals surface area contributed by atoms with E-state index in [2.05, 4.69) is 13.8 Å². The molecule has 0 radical (unpaired) electrons. The summed E-state index contributed by atoms with van der Waals surface area (Å²) < 4.78 is 0. The van der Waals surface area contributed by atoms with Gasteiger partial charge in [0.1, 0.15) is 0 Å². The molecule has 1 fully saturated rings. The molecule has 0 aromatic carbocycles. The molecule has 1 rings (SSSR count). The van der Waals surface area contributed by atoms with E-state index in [1.807, 2.05) is 6.92 Å². The lowest BCUT2D eigenvalue weighted by Gasteiger charge is -2.38. The molecule has 72 valence electrons. The van der Waals surface area contributed by atoms with E-state index in [0.29, 0.717) is 5.92 Å². The smallest absolute Gasteiger partial charge is 0.0832 e. The summed E-state index contributed by atoms with van der Waals surface area (Å²) in [5.74, 6) is 1.02. The quantitative estimate of drug-likeness (QED) is 0.628. The second-order valence-corrected chi connectivity index (χ2v) is 4.44. The van der Waals surface area contributed by atoms with Crippen LogP contribution in [0.25, 0.3) is 0 Å². The first kappa shape index (κ1) is 10.0. The Hall–Kier alpha value is -0.0800. The molecule has 4 atom stereocenters. The van der Waals surface area contributed by atoms with Crippen molar-refractivity contribution in [2.75, 3.05) is 0 Å². The monoisotopic (exact) mass is 172 g/mol. The molecule has 0 aliphatic heterocycles. The van der Waals surface area contributed by atoms with Crippen LogP contribution >= 0.6 is 0 Å². The van der Waals surface area contributed by atoms with Gasteiger partial charge in [-0.2, -0.15) is 0 Å². The normalized spacial score (nSPS) is 43.5. The molecule has 1 aliphatic carbocycles. The van der Waals surface area contributed by atoms with Gasteiger partial charge in [0.15, 0.2) is 0 Å². The Labute approximate surface area is 74.6 Å². The Kier molecular flexibility index (Phi) is 3.13. The van der Waals surface area contributed by atoms with Crippen LogP contribution in [-0.4, -0.2) is 22.4 Å². The lowest BCUT2D eigenvalue weighted by atomic mass is 9.74. The van der Waals surface area contributed by atoms with Crippen molar-refractivity contribution >= 4 is 0 Å².